The number of ether oxygens (including phenoxy) is 1. The first kappa shape index (κ1) is 12.9. The smallest absolute Gasteiger partial charge is 0.334 e. The van der Waals surface area contributed by atoms with Crippen molar-refractivity contribution in [2.45, 2.75) is 12.5 Å². The molecule has 0 aliphatic heterocycles. The lowest BCUT2D eigenvalue weighted by molar-refractivity contribution is -0.136. The molecule has 19 heavy (non-hydrogen) atoms. The summed E-state index contributed by atoms with van der Waals surface area (Å²) in [6, 6.07) is 0. The monoisotopic (exact) mass is 284 g/mol. The second-order valence-electron chi connectivity index (χ2n) is 5.42. The molecule has 3 aliphatic rings. The van der Waals surface area contributed by atoms with Crippen molar-refractivity contribution in [3.05, 3.63) is 23.8 Å². The van der Waals surface area contributed by atoms with Gasteiger partial charge in [-0.15, -0.1) is 0 Å². The molecule has 0 spiro atoms. The Morgan fingerprint density at radius 1 is 1.37 bits per heavy atom. The predicted molar refractivity (Wildman–Crippen MR) is 67.5 cm³/mol. The highest BCUT2D eigenvalue weighted by atomic mass is 32.2. The minimum Gasteiger partial charge on any atom is -0.466 e. The maximum atomic E-state index is 11.7. The Bertz CT molecular complexity index is 574. The van der Waals surface area contributed by atoms with Crippen molar-refractivity contribution in [1.29, 1.82) is 0 Å². The quantitative estimate of drug-likeness (QED) is 0.437. The highest BCUT2D eigenvalue weighted by molar-refractivity contribution is 7.86. The number of carbonyl (C=O) groups is 1. The van der Waals surface area contributed by atoms with Gasteiger partial charge in [0.2, 0.25) is 0 Å². The minimum absolute atomic E-state index is 0.0196. The average Bonchev–Trinajstić information content (AvgIpc) is 2.93. The van der Waals surface area contributed by atoms with Crippen LogP contribution in [-0.4, -0.2) is 33.9 Å². The van der Waals surface area contributed by atoms with E-state index in [0.717, 1.165) is 6.26 Å². The molecule has 3 aliphatic carbocycles. The van der Waals surface area contributed by atoms with Crippen LogP contribution in [0.15, 0.2) is 23.8 Å². The third kappa shape index (κ3) is 2.03. The highest BCUT2D eigenvalue weighted by Crippen LogP contribution is 2.55. The third-order valence-electron chi connectivity index (χ3n) is 4.30. The Labute approximate surface area is 112 Å². The fourth-order valence-corrected chi connectivity index (χ4v) is 4.37. The van der Waals surface area contributed by atoms with Gasteiger partial charge in [-0.2, -0.15) is 8.42 Å². The Balaban J connectivity index is 1.90. The fourth-order valence-electron chi connectivity index (χ4n) is 3.72. The maximum absolute atomic E-state index is 11.7. The lowest BCUT2D eigenvalue weighted by atomic mass is 9.88. The molecule has 0 radical (unpaired) electrons. The molecule has 0 N–H and O–H groups in total. The zero-order valence-electron chi connectivity index (χ0n) is 10.8. The number of esters is 1. The Kier molecular flexibility index (Phi) is 2.83. The summed E-state index contributed by atoms with van der Waals surface area (Å²) in [6.07, 6.45) is 7.35. The molecule has 0 unspecified atom stereocenters. The van der Waals surface area contributed by atoms with Gasteiger partial charge >= 0.3 is 5.97 Å². The van der Waals surface area contributed by atoms with Gasteiger partial charge in [0.15, 0.2) is 0 Å². The molecule has 0 amide bonds. The van der Waals surface area contributed by atoms with Gasteiger partial charge in [-0.3, -0.25) is 4.18 Å². The van der Waals surface area contributed by atoms with Crippen LogP contribution in [0.4, 0.5) is 0 Å². The van der Waals surface area contributed by atoms with E-state index in [1.165, 1.54) is 7.11 Å². The third-order valence-corrected chi connectivity index (χ3v) is 4.90. The van der Waals surface area contributed by atoms with Crippen molar-refractivity contribution in [3.8, 4) is 0 Å². The number of hydrogen-bond acceptors (Lipinski definition) is 5. The van der Waals surface area contributed by atoms with Gasteiger partial charge in [-0.25, -0.2) is 4.79 Å². The fraction of sp³-hybridized carbons (Fsp3) is 0.615. The number of rotatable bonds is 3. The molecule has 0 aromatic heterocycles. The first-order chi connectivity index (χ1) is 8.90. The number of carbonyl (C=O) groups excluding carboxylic acids is 1. The zero-order chi connectivity index (χ0) is 13.8. The molecule has 3 rings (SSSR count). The summed E-state index contributed by atoms with van der Waals surface area (Å²) in [5.74, 6) is 0.244. The summed E-state index contributed by atoms with van der Waals surface area (Å²) in [5, 5.41) is 0. The van der Waals surface area contributed by atoms with E-state index in [1.54, 1.807) is 0 Å². The predicted octanol–water partition coefficient (Wildman–Crippen LogP) is 0.882. The number of allylic oxidation sites excluding steroid dienone is 2. The molecular weight excluding hydrogens is 268 g/mol. The lowest BCUT2D eigenvalue weighted by Gasteiger charge is -2.18. The Morgan fingerprint density at radius 2 is 2.11 bits per heavy atom. The van der Waals surface area contributed by atoms with E-state index in [2.05, 4.69) is 6.08 Å². The molecule has 6 heteroatoms. The van der Waals surface area contributed by atoms with Gasteiger partial charge in [0.1, 0.15) is 0 Å². The average molecular weight is 284 g/mol. The SMILES string of the molecule is COC(=O)C1=C[C@H]2[C@@H]3[C@H](C=C[C@H]13)C[C@H]2OS(C)(=O)=O. The van der Waals surface area contributed by atoms with Crippen molar-refractivity contribution in [3.63, 3.8) is 0 Å². The molecular formula is C13H16O5S. The van der Waals surface area contributed by atoms with Crippen LogP contribution in [0.1, 0.15) is 6.42 Å². The van der Waals surface area contributed by atoms with Gasteiger partial charge in [0.25, 0.3) is 10.1 Å². The van der Waals surface area contributed by atoms with E-state index in [9.17, 15) is 13.2 Å². The molecule has 0 aromatic rings. The topological polar surface area (TPSA) is 69.7 Å². The summed E-state index contributed by atoms with van der Waals surface area (Å²) in [5.41, 5.74) is 0.637. The molecule has 0 saturated heterocycles. The molecule has 1 saturated carbocycles. The Morgan fingerprint density at radius 3 is 2.74 bits per heavy atom. The summed E-state index contributed by atoms with van der Waals surface area (Å²) in [4.78, 5) is 11.7. The highest BCUT2D eigenvalue weighted by Gasteiger charge is 2.54. The van der Waals surface area contributed by atoms with E-state index in [0.29, 0.717) is 17.9 Å². The second-order valence-corrected chi connectivity index (χ2v) is 7.02. The molecule has 104 valence electrons. The molecule has 0 heterocycles. The maximum Gasteiger partial charge on any atom is 0.334 e. The van der Waals surface area contributed by atoms with E-state index >= 15 is 0 Å². The summed E-state index contributed by atoms with van der Waals surface area (Å²) in [6.45, 7) is 0. The van der Waals surface area contributed by atoms with Crippen molar-refractivity contribution >= 4 is 16.1 Å². The summed E-state index contributed by atoms with van der Waals surface area (Å²) in [7, 11) is -2.12. The van der Waals surface area contributed by atoms with Crippen LogP contribution in [-0.2, 0) is 23.8 Å². The molecule has 5 atom stereocenters. The normalized spacial score (nSPS) is 39.3. The van der Waals surface area contributed by atoms with E-state index in [4.69, 9.17) is 8.92 Å². The second kappa shape index (κ2) is 4.18. The van der Waals surface area contributed by atoms with Crippen molar-refractivity contribution < 1.29 is 22.1 Å². The largest absolute Gasteiger partial charge is 0.466 e. The van der Waals surface area contributed by atoms with Crippen molar-refractivity contribution in [2.24, 2.45) is 23.7 Å². The van der Waals surface area contributed by atoms with Gasteiger partial charge in [0.05, 0.1) is 19.5 Å². The van der Waals surface area contributed by atoms with Gasteiger partial charge in [-0.1, -0.05) is 18.2 Å². The van der Waals surface area contributed by atoms with Gasteiger partial charge in [-0.05, 0) is 18.3 Å². The molecule has 1 fully saturated rings. The summed E-state index contributed by atoms with van der Waals surface area (Å²) < 4.78 is 32.6. The van der Waals surface area contributed by atoms with Gasteiger partial charge in [0, 0.05) is 17.4 Å². The van der Waals surface area contributed by atoms with Crippen LogP contribution in [0, 0.1) is 23.7 Å². The van der Waals surface area contributed by atoms with Gasteiger partial charge < -0.3 is 4.74 Å². The van der Waals surface area contributed by atoms with Crippen LogP contribution >= 0.6 is 0 Å². The molecule has 0 bridgehead atoms. The zero-order valence-corrected chi connectivity index (χ0v) is 11.6. The van der Waals surface area contributed by atoms with E-state index < -0.39 is 10.1 Å². The van der Waals surface area contributed by atoms with Crippen LogP contribution in [0.25, 0.3) is 0 Å². The van der Waals surface area contributed by atoms with E-state index in [-0.39, 0.29) is 29.8 Å². The van der Waals surface area contributed by atoms with Crippen LogP contribution < -0.4 is 0 Å². The number of hydrogen-bond donors (Lipinski definition) is 0. The molecule has 0 aromatic carbocycles. The number of methoxy groups -OCH3 is 1. The lowest BCUT2D eigenvalue weighted by Crippen LogP contribution is -2.22. The van der Waals surface area contributed by atoms with E-state index in [1.807, 2.05) is 12.2 Å². The van der Waals surface area contributed by atoms with Crippen molar-refractivity contribution in [1.82, 2.24) is 0 Å². The first-order valence-corrected chi connectivity index (χ1v) is 8.09. The van der Waals surface area contributed by atoms with Crippen LogP contribution in [0.3, 0.4) is 0 Å². The first-order valence-electron chi connectivity index (χ1n) is 6.27. The van der Waals surface area contributed by atoms with Crippen LogP contribution in [0.2, 0.25) is 0 Å². The standard InChI is InChI=1S/C13H16O5S/c1-17-13(14)9-6-10-11(18-19(2,15)16)5-7-3-4-8(9)12(7)10/h3-4,6-8,10-12H,5H2,1-2H3/t7-,8-,10-,11-,12-/m1/s1. The molecule has 5 nitrogen and oxygen atoms in total. The summed E-state index contributed by atoms with van der Waals surface area (Å²) >= 11 is 0. The van der Waals surface area contributed by atoms with Crippen LogP contribution in [0.5, 0.6) is 0 Å². The van der Waals surface area contributed by atoms with Crippen molar-refractivity contribution in [2.75, 3.05) is 13.4 Å². The Hall–Kier alpha value is -1.14. The minimum atomic E-state index is -3.48.